The number of rotatable bonds is 4. The first-order valence-corrected chi connectivity index (χ1v) is 7.14. The summed E-state index contributed by atoms with van der Waals surface area (Å²) in [5.74, 6) is 0.214. The molecule has 20 heavy (non-hydrogen) atoms. The largest absolute Gasteiger partial charge is 0.496 e. The van der Waals surface area contributed by atoms with E-state index < -0.39 is 11.9 Å². The maximum atomic E-state index is 13.4. The highest BCUT2D eigenvalue weighted by molar-refractivity contribution is 9.10. The van der Waals surface area contributed by atoms with Crippen LogP contribution in [0, 0.1) is 5.82 Å². The zero-order chi connectivity index (χ0) is 14.7. The van der Waals surface area contributed by atoms with Crippen molar-refractivity contribution < 1.29 is 14.2 Å². The van der Waals surface area contributed by atoms with E-state index in [1.165, 1.54) is 12.1 Å². The molecule has 1 unspecified atom stereocenters. The van der Waals surface area contributed by atoms with Crippen molar-refractivity contribution in [2.75, 3.05) is 7.11 Å². The molecular weight excluding hydrogens is 347 g/mol. The molecule has 0 saturated heterocycles. The normalized spacial score (nSPS) is 12.2. The summed E-state index contributed by atoms with van der Waals surface area (Å²) in [6.07, 6.45) is -0.412. The van der Waals surface area contributed by atoms with Gasteiger partial charge in [0, 0.05) is 6.42 Å². The number of benzene rings is 2. The van der Waals surface area contributed by atoms with Crippen molar-refractivity contribution >= 4 is 27.5 Å². The zero-order valence-corrected chi connectivity index (χ0v) is 13.1. The van der Waals surface area contributed by atoms with Gasteiger partial charge in [-0.2, -0.15) is 0 Å². The summed E-state index contributed by atoms with van der Waals surface area (Å²) in [6.45, 7) is 0. The van der Waals surface area contributed by atoms with Gasteiger partial charge < -0.3 is 9.84 Å². The lowest BCUT2D eigenvalue weighted by Crippen LogP contribution is -2.02. The van der Waals surface area contributed by atoms with Crippen LogP contribution in [-0.2, 0) is 6.42 Å². The first-order chi connectivity index (χ1) is 9.51. The lowest BCUT2D eigenvalue weighted by Gasteiger charge is -2.13. The number of aliphatic hydroxyl groups excluding tert-OH is 1. The third-order valence-corrected chi connectivity index (χ3v) is 3.90. The fraction of sp³-hybridized carbons (Fsp3) is 0.200. The molecule has 2 rings (SSSR count). The average molecular weight is 360 g/mol. The third kappa shape index (κ3) is 3.51. The molecule has 0 amide bonds. The Hall–Kier alpha value is -1.10. The minimum Gasteiger partial charge on any atom is -0.496 e. The van der Waals surface area contributed by atoms with Gasteiger partial charge in [0.1, 0.15) is 11.6 Å². The molecule has 0 aliphatic rings. The van der Waals surface area contributed by atoms with Crippen molar-refractivity contribution in [1.29, 1.82) is 0 Å². The van der Waals surface area contributed by atoms with Gasteiger partial charge in [0.05, 0.1) is 22.7 Å². The Balaban J connectivity index is 2.17. The van der Waals surface area contributed by atoms with Crippen molar-refractivity contribution in [2.45, 2.75) is 12.5 Å². The number of methoxy groups -OCH3 is 1. The SMILES string of the molecule is COc1ccc(C(O)Cc2ccc(Cl)c(F)c2)cc1Br. The van der Waals surface area contributed by atoms with Crippen LogP contribution in [0.2, 0.25) is 5.02 Å². The van der Waals surface area contributed by atoms with Crippen molar-refractivity contribution in [3.05, 3.63) is 62.8 Å². The summed E-state index contributed by atoms with van der Waals surface area (Å²) in [6, 6.07) is 9.86. The lowest BCUT2D eigenvalue weighted by molar-refractivity contribution is 0.178. The van der Waals surface area contributed by atoms with E-state index in [0.29, 0.717) is 17.7 Å². The lowest BCUT2D eigenvalue weighted by atomic mass is 10.0. The van der Waals surface area contributed by atoms with Gasteiger partial charge in [-0.1, -0.05) is 23.7 Å². The van der Waals surface area contributed by atoms with E-state index in [0.717, 1.165) is 10.0 Å². The molecule has 0 radical (unpaired) electrons. The van der Waals surface area contributed by atoms with Crippen molar-refractivity contribution in [3.63, 3.8) is 0 Å². The molecule has 2 aromatic carbocycles. The molecule has 106 valence electrons. The van der Waals surface area contributed by atoms with E-state index in [4.69, 9.17) is 16.3 Å². The smallest absolute Gasteiger partial charge is 0.142 e. The van der Waals surface area contributed by atoms with Crippen LogP contribution in [0.15, 0.2) is 40.9 Å². The molecule has 0 heterocycles. The topological polar surface area (TPSA) is 29.5 Å². The van der Waals surface area contributed by atoms with Gasteiger partial charge in [0.25, 0.3) is 0 Å². The summed E-state index contributed by atoms with van der Waals surface area (Å²) in [7, 11) is 1.58. The van der Waals surface area contributed by atoms with Gasteiger partial charge in [0.2, 0.25) is 0 Å². The van der Waals surface area contributed by atoms with E-state index in [2.05, 4.69) is 15.9 Å². The summed E-state index contributed by atoms with van der Waals surface area (Å²) in [4.78, 5) is 0. The van der Waals surface area contributed by atoms with Crippen LogP contribution in [0.1, 0.15) is 17.2 Å². The van der Waals surface area contributed by atoms with Crippen LogP contribution >= 0.6 is 27.5 Å². The van der Waals surface area contributed by atoms with Crippen LogP contribution in [0.4, 0.5) is 4.39 Å². The number of aliphatic hydroxyl groups is 1. The number of ether oxygens (including phenoxy) is 1. The first kappa shape index (κ1) is 15.3. The standard InChI is InChI=1S/C15H13BrClFO2/c1-20-15-5-3-10(8-11(15)16)14(19)7-9-2-4-12(17)13(18)6-9/h2-6,8,14,19H,7H2,1H3. The predicted molar refractivity (Wildman–Crippen MR) is 80.8 cm³/mol. The predicted octanol–water partition coefficient (Wildman–Crippen LogP) is 4.53. The Morgan fingerprint density at radius 3 is 2.65 bits per heavy atom. The Labute approximate surface area is 130 Å². The van der Waals surface area contributed by atoms with Gasteiger partial charge in [-0.25, -0.2) is 4.39 Å². The molecule has 0 aliphatic carbocycles. The van der Waals surface area contributed by atoms with Gasteiger partial charge in [-0.05, 0) is 51.3 Å². The molecular formula is C15H13BrClFO2. The van der Waals surface area contributed by atoms with Crippen molar-refractivity contribution in [1.82, 2.24) is 0 Å². The van der Waals surface area contributed by atoms with Crippen LogP contribution in [0.25, 0.3) is 0 Å². The zero-order valence-electron chi connectivity index (χ0n) is 10.7. The summed E-state index contributed by atoms with van der Waals surface area (Å²) >= 11 is 9.00. The fourth-order valence-corrected chi connectivity index (χ4v) is 2.57. The Morgan fingerprint density at radius 2 is 2.05 bits per heavy atom. The van der Waals surface area contributed by atoms with Gasteiger partial charge in [-0.3, -0.25) is 0 Å². The molecule has 1 N–H and O–H groups in total. The van der Waals surface area contributed by atoms with Crippen molar-refractivity contribution in [2.24, 2.45) is 0 Å². The Morgan fingerprint density at radius 1 is 1.30 bits per heavy atom. The van der Waals surface area contributed by atoms with Crippen LogP contribution in [0.5, 0.6) is 5.75 Å². The van der Waals surface area contributed by atoms with E-state index in [9.17, 15) is 9.50 Å². The van der Waals surface area contributed by atoms with Gasteiger partial charge in [0.15, 0.2) is 0 Å². The Kier molecular flexibility index (Phi) is 5.02. The molecule has 0 fully saturated rings. The third-order valence-electron chi connectivity index (χ3n) is 2.97. The number of hydrogen-bond acceptors (Lipinski definition) is 2. The average Bonchev–Trinajstić information content (AvgIpc) is 2.42. The minimum atomic E-state index is -0.724. The van der Waals surface area contributed by atoms with Gasteiger partial charge >= 0.3 is 0 Å². The molecule has 5 heteroatoms. The maximum Gasteiger partial charge on any atom is 0.142 e. The highest BCUT2D eigenvalue weighted by Crippen LogP contribution is 2.29. The molecule has 0 saturated carbocycles. The first-order valence-electron chi connectivity index (χ1n) is 5.96. The summed E-state index contributed by atoms with van der Waals surface area (Å²) in [5, 5.41) is 10.3. The monoisotopic (exact) mass is 358 g/mol. The second-order valence-corrected chi connectivity index (χ2v) is 5.62. The molecule has 2 aromatic rings. The number of hydrogen-bond donors (Lipinski definition) is 1. The van der Waals surface area contributed by atoms with Gasteiger partial charge in [-0.15, -0.1) is 0 Å². The second kappa shape index (κ2) is 6.57. The molecule has 0 bridgehead atoms. The maximum absolute atomic E-state index is 13.4. The van der Waals surface area contributed by atoms with Crippen LogP contribution < -0.4 is 4.74 Å². The molecule has 1 atom stereocenters. The van der Waals surface area contributed by atoms with E-state index in [1.54, 1.807) is 31.4 Å². The van der Waals surface area contributed by atoms with Crippen LogP contribution in [-0.4, -0.2) is 12.2 Å². The molecule has 0 aliphatic heterocycles. The minimum absolute atomic E-state index is 0.0791. The van der Waals surface area contributed by atoms with Crippen LogP contribution in [0.3, 0.4) is 0 Å². The highest BCUT2D eigenvalue weighted by atomic mass is 79.9. The summed E-state index contributed by atoms with van der Waals surface area (Å²) in [5.41, 5.74) is 1.42. The molecule has 0 aromatic heterocycles. The highest BCUT2D eigenvalue weighted by Gasteiger charge is 2.12. The molecule has 0 spiro atoms. The van der Waals surface area contributed by atoms with E-state index >= 15 is 0 Å². The quantitative estimate of drug-likeness (QED) is 0.869. The van der Waals surface area contributed by atoms with Crippen molar-refractivity contribution in [3.8, 4) is 5.75 Å². The second-order valence-electron chi connectivity index (χ2n) is 4.36. The van der Waals surface area contributed by atoms with E-state index in [1.807, 2.05) is 0 Å². The number of halogens is 3. The molecule has 2 nitrogen and oxygen atoms in total. The summed E-state index contributed by atoms with van der Waals surface area (Å²) < 4.78 is 19.3. The Bertz CT molecular complexity index is 619. The van der Waals surface area contributed by atoms with E-state index in [-0.39, 0.29) is 5.02 Å². The fourth-order valence-electron chi connectivity index (χ4n) is 1.90.